The van der Waals surface area contributed by atoms with Gasteiger partial charge in [0.15, 0.2) is 0 Å². The van der Waals surface area contributed by atoms with Crippen LogP contribution in [0.25, 0.3) is 0 Å². The molecule has 0 radical (unpaired) electrons. The van der Waals surface area contributed by atoms with E-state index >= 15 is 0 Å². The zero-order chi connectivity index (χ0) is 15.2. The van der Waals surface area contributed by atoms with E-state index in [1.807, 2.05) is 13.0 Å². The summed E-state index contributed by atoms with van der Waals surface area (Å²) in [6.07, 6.45) is 1.12. The normalized spacial score (nSPS) is 12.4. The number of halogens is 1. The molecule has 0 aliphatic heterocycles. The van der Waals surface area contributed by atoms with Crippen LogP contribution in [0.5, 0.6) is 5.75 Å². The van der Waals surface area contributed by atoms with Crippen molar-refractivity contribution in [2.75, 3.05) is 13.2 Å². The summed E-state index contributed by atoms with van der Waals surface area (Å²) in [7, 11) is 0. The summed E-state index contributed by atoms with van der Waals surface area (Å²) in [5.41, 5.74) is 2.54. The Balaban J connectivity index is 2.32. The molecule has 0 bridgehead atoms. The smallest absolute Gasteiger partial charge is 0.119 e. The summed E-state index contributed by atoms with van der Waals surface area (Å²) < 4.78 is 6.84. The van der Waals surface area contributed by atoms with Crippen LogP contribution >= 0.6 is 27.3 Å². The van der Waals surface area contributed by atoms with Gasteiger partial charge in [-0.05, 0) is 72.1 Å². The number of hydrogen-bond acceptors (Lipinski definition) is 3. The Morgan fingerprint density at radius 2 is 2.10 bits per heavy atom. The first-order valence-corrected chi connectivity index (χ1v) is 8.98. The quantitative estimate of drug-likeness (QED) is 0.715. The molecule has 0 aliphatic rings. The van der Waals surface area contributed by atoms with Crippen LogP contribution in [-0.4, -0.2) is 13.2 Å². The number of rotatable bonds is 7. The average molecular weight is 368 g/mol. The molecule has 1 N–H and O–H groups in total. The second-order valence-corrected chi connectivity index (χ2v) is 7.40. The lowest BCUT2D eigenvalue weighted by atomic mass is 10.0. The van der Waals surface area contributed by atoms with E-state index in [1.54, 1.807) is 11.3 Å². The third-order valence-electron chi connectivity index (χ3n) is 3.26. The molecule has 2 nitrogen and oxygen atoms in total. The highest BCUT2D eigenvalue weighted by molar-refractivity contribution is 9.11. The molecule has 2 aromatic rings. The van der Waals surface area contributed by atoms with E-state index in [0.29, 0.717) is 6.61 Å². The summed E-state index contributed by atoms with van der Waals surface area (Å²) >= 11 is 5.43. The van der Waals surface area contributed by atoms with Crippen molar-refractivity contribution in [2.24, 2.45) is 0 Å². The average Bonchev–Trinajstić information content (AvgIpc) is 2.80. The SMILES string of the molecule is CCCNC(c1cccc(OCC)c1)c1cc(C)c(Br)s1. The van der Waals surface area contributed by atoms with E-state index in [0.717, 1.165) is 18.7 Å². The van der Waals surface area contributed by atoms with Gasteiger partial charge in [0, 0.05) is 4.88 Å². The van der Waals surface area contributed by atoms with E-state index in [-0.39, 0.29) is 6.04 Å². The summed E-state index contributed by atoms with van der Waals surface area (Å²) in [5.74, 6) is 0.936. The van der Waals surface area contributed by atoms with E-state index in [2.05, 4.69) is 59.4 Å². The van der Waals surface area contributed by atoms with Crippen LogP contribution in [-0.2, 0) is 0 Å². The van der Waals surface area contributed by atoms with Gasteiger partial charge in [-0.3, -0.25) is 0 Å². The molecule has 0 saturated heterocycles. The fraction of sp³-hybridized carbons (Fsp3) is 0.412. The van der Waals surface area contributed by atoms with Crippen molar-refractivity contribution in [3.63, 3.8) is 0 Å². The minimum absolute atomic E-state index is 0.223. The highest BCUT2D eigenvalue weighted by atomic mass is 79.9. The van der Waals surface area contributed by atoms with E-state index < -0.39 is 0 Å². The van der Waals surface area contributed by atoms with Crippen molar-refractivity contribution in [3.05, 3.63) is 50.1 Å². The number of ether oxygens (including phenoxy) is 1. The molecule has 1 atom stereocenters. The van der Waals surface area contributed by atoms with Gasteiger partial charge in [-0.25, -0.2) is 0 Å². The maximum absolute atomic E-state index is 5.63. The van der Waals surface area contributed by atoms with Crippen LogP contribution in [0, 0.1) is 6.92 Å². The Kier molecular flexibility index (Phi) is 6.27. The van der Waals surface area contributed by atoms with Crippen molar-refractivity contribution < 1.29 is 4.74 Å². The number of aryl methyl sites for hydroxylation is 1. The molecule has 0 amide bonds. The Bertz CT molecular complexity index is 562. The molecule has 0 saturated carbocycles. The Labute approximate surface area is 139 Å². The van der Waals surface area contributed by atoms with Crippen LogP contribution in [0.3, 0.4) is 0 Å². The topological polar surface area (TPSA) is 21.3 Å². The number of thiophene rings is 1. The van der Waals surface area contributed by atoms with Gasteiger partial charge in [0.1, 0.15) is 5.75 Å². The Hall–Kier alpha value is -0.840. The van der Waals surface area contributed by atoms with Gasteiger partial charge in [-0.2, -0.15) is 0 Å². The maximum Gasteiger partial charge on any atom is 0.119 e. The molecule has 1 aromatic carbocycles. The second kappa shape index (κ2) is 7.97. The largest absolute Gasteiger partial charge is 0.494 e. The van der Waals surface area contributed by atoms with Gasteiger partial charge in [-0.15, -0.1) is 11.3 Å². The second-order valence-electron chi connectivity index (χ2n) is 5.00. The number of nitrogens with one attached hydrogen (secondary N) is 1. The van der Waals surface area contributed by atoms with Gasteiger partial charge in [0.25, 0.3) is 0 Å². The molecule has 1 unspecified atom stereocenters. The first-order valence-electron chi connectivity index (χ1n) is 7.37. The van der Waals surface area contributed by atoms with Crippen LogP contribution in [0.4, 0.5) is 0 Å². The molecule has 4 heteroatoms. The number of hydrogen-bond donors (Lipinski definition) is 1. The van der Waals surface area contributed by atoms with Crippen LogP contribution in [0.15, 0.2) is 34.1 Å². The molecule has 21 heavy (non-hydrogen) atoms. The van der Waals surface area contributed by atoms with E-state index in [4.69, 9.17) is 4.74 Å². The lowest BCUT2D eigenvalue weighted by Crippen LogP contribution is -2.22. The highest BCUT2D eigenvalue weighted by Crippen LogP contribution is 2.35. The van der Waals surface area contributed by atoms with Crippen LogP contribution in [0.1, 0.15) is 42.3 Å². The molecular weight excluding hydrogens is 346 g/mol. The van der Waals surface area contributed by atoms with Gasteiger partial charge in [-0.1, -0.05) is 19.1 Å². The molecule has 1 aromatic heterocycles. The lowest BCUT2D eigenvalue weighted by molar-refractivity contribution is 0.339. The fourth-order valence-electron chi connectivity index (χ4n) is 2.25. The van der Waals surface area contributed by atoms with E-state index in [1.165, 1.54) is 19.8 Å². The standard InChI is InChI=1S/C17H22BrNOS/c1-4-9-19-16(15-10-12(3)17(18)21-15)13-7-6-8-14(11-13)20-5-2/h6-8,10-11,16,19H,4-5,9H2,1-3H3. The zero-order valence-electron chi connectivity index (χ0n) is 12.8. The zero-order valence-corrected chi connectivity index (χ0v) is 15.2. The molecular formula is C17H22BrNOS. The monoisotopic (exact) mass is 367 g/mol. The predicted molar refractivity (Wildman–Crippen MR) is 94.5 cm³/mol. The minimum Gasteiger partial charge on any atom is -0.494 e. The lowest BCUT2D eigenvalue weighted by Gasteiger charge is -2.18. The molecule has 1 heterocycles. The third-order valence-corrected chi connectivity index (χ3v) is 5.46. The third kappa shape index (κ3) is 4.31. The van der Waals surface area contributed by atoms with Crippen molar-refractivity contribution in [3.8, 4) is 5.75 Å². The van der Waals surface area contributed by atoms with Gasteiger partial charge in [0.2, 0.25) is 0 Å². The first-order chi connectivity index (χ1) is 10.2. The summed E-state index contributed by atoms with van der Waals surface area (Å²) in [6, 6.07) is 10.9. The Morgan fingerprint density at radius 1 is 1.29 bits per heavy atom. The van der Waals surface area contributed by atoms with Crippen LogP contribution in [0.2, 0.25) is 0 Å². The molecule has 2 rings (SSSR count). The molecule has 114 valence electrons. The van der Waals surface area contributed by atoms with E-state index in [9.17, 15) is 0 Å². The van der Waals surface area contributed by atoms with Gasteiger partial charge < -0.3 is 10.1 Å². The summed E-state index contributed by atoms with van der Waals surface area (Å²) in [5, 5.41) is 3.65. The maximum atomic E-state index is 5.63. The van der Waals surface area contributed by atoms with Crippen LogP contribution < -0.4 is 10.1 Å². The van der Waals surface area contributed by atoms with Crippen molar-refractivity contribution in [1.82, 2.24) is 5.32 Å². The van der Waals surface area contributed by atoms with Crippen molar-refractivity contribution in [1.29, 1.82) is 0 Å². The van der Waals surface area contributed by atoms with Crippen molar-refractivity contribution in [2.45, 2.75) is 33.2 Å². The summed E-state index contributed by atoms with van der Waals surface area (Å²) in [6.45, 7) is 8.03. The predicted octanol–water partition coefficient (Wildman–Crippen LogP) is 5.31. The molecule has 0 fully saturated rings. The van der Waals surface area contributed by atoms with Crippen molar-refractivity contribution >= 4 is 27.3 Å². The Morgan fingerprint density at radius 3 is 2.71 bits per heavy atom. The minimum atomic E-state index is 0.223. The molecule has 0 spiro atoms. The number of benzene rings is 1. The summed E-state index contributed by atoms with van der Waals surface area (Å²) in [4.78, 5) is 1.33. The van der Waals surface area contributed by atoms with Gasteiger partial charge >= 0.3 is 0 Å². The molecule has 0 aliphatic carbocycles. The van der Waals surface area contributed by atoms with Gasteiger partial charge in [0.05, 0.1) is 16.4 Å². The highest BCUT2D eigenvalue weighted by Gasteiger charge is 2.17. The first kappa shape index (κ1) is 16.5. The fourth-order valence-corrected chi connectivity index (χ4v) is 3.92.